The van der Waals surface area contributed by atoms with Gasteiger partial charge in [-0.3, -0.25) is 9.78 Å². The fourth-order valence-corrected chi connectivity index (χ4v) is 4.13. The molecule has 1 aromatic heterocycles. The zero-order valence-electron chi connectivity index (χ0n) is 21.7. The van der Waals surface area contributed by atoms with Crippen LogP contribution in [0.2, 0.25) is 0 Å². The highest BCUT2D eigenvalue weighted by atomic mass is 16.5. The van der Waals surface area contributed by atoms with Gasteiger partial charge in [-0.2, -0.15) is 10.4 Å². The normalized spacial score (nSPS) is 10.7. The standard InChI is InChI=1S/C32H25N5O3/c1-39-29-17-12-22(18-26(29)21-40-27-15-13-24(14-16-27)23-8-4-2-5-9-23)20-34-37-32-35-30(25-10-6-3-7-11-25)28(19-33)31(38)36-32/h2-18,20H,21H2,1H3,(H2,35,36,37,38). The van der Waals surface area contributed by atoms with Crippen LogP contribution in [0.4, 0.5) is 5.95 Å². The van der Waals surface area contributed by atoms with Gasteiger partial charge in [0.25, 0.3) is 5.56 Å². The maximum Gasteiger partial charge on any atom is 0.270 e. The number of aromatic nitrogens is 2. The number of benzene rings is 4. The Balaban J connectivity index is 1.29. The van der Waals surface area contributed by atoms with Crippen molar-refractivity contribution < 1.29 is 9.47 Å². The molecular formula is C32H25N5O3. The van der Waals surface area contributed by atoms with E-state index >= 15 is 0 Å². The van der Waals surface area contributed by atoms with Crippen LogP contribution in [0.1, 0.15) is 16.7 Å². The highest BCUT2D eigenvalue weighted by molar-refractivity contribution is 5.81. The Morgan fingerprint density at radius 1 is 0.925 bits per heavy atom. The molecule has 1 heterocycles. The van der Waals surface area contributed by atoms with E-state index in [1.807, 2.05) is 84.9 Å². The Kier molecular flexibility index (Phi) is 7.94. The van der Waals surface area contributed by atoms with Crippen LogP contribution >= 0.6 is 0 Å². The molecule has 40 heavy (non-hydrogen) atoms. The molecule has 0 unspecified atom stereocenters. The summed E-state index contributed by atoms with van der Waals surface area (Å²) in [6.45, 7) is 0.300. The number of methoxy groups -OCH3 is 1. The van der Waals surface area contributed by atoms with Crippen LogP contribution in [-0.4, -0.2) is 23.3 Å². The van der Waals surface area contributed by atoms with Gasteiger partial charge in [0.2, 0.25) is 5.95 Å². The van der Waals surface area contributed by atoms with Crippen LogP contribution in [0.3, 0.4) is 0 Å². The van der Waals surface area contributed by atoms with Crippen molar-refractivity contribution in [1.82, 2.24) is 9.97 Å². The number of anilines is 1. The minimum atomic E-state index is -0.547. The number of nitrogens with zero attached hydrogens (tertiary/aromatic N) is 3. The largest absolute Gasteiger partial charge is 0.496 e. The second-order valence-electron chi connectivity index (χ2n) is 8.74. The molecule has 5 rings (SSSR count). The van der Waals surface area contributed by atoms with Crippen LogP contribution in [0.5, 0.6) is 11.5 Å². The Bertz CT molecular complexity index is 1730. The van der Waals surface area contributed by atoms with Crippen LogP contribution in [0.25, 0.3) is 22.4 Å². The van der Waals surface area contributed by atoms with Gasteiger partial charge < -0.3 is 9.47 Å². The highest BCUT2D eigenvalue weighted by Gasteiger charge is 2.13. The van der Waals surface area contributed by atoms with Gasteiger partial charge in [-0.25, -0.2) is 10.4 Å². The number of hydrogen-bond donors (Lipinski definition) is 2. The summed E-state index contributed by atoms with van der Waals surface area (Å²) in [7, 11) is 1.61. The average Bonchev–Trinajstić information content (AvgIpc) is 3.01. The summed E-state index contributed by atoms with van der Waals surface area (Å²) in [6, 6.07) is 34.7. The van der Waals surface area contributed by atoms with E-state index < -0.39 is 5.56 Å². The quantitative estimate of drug-likeness (QED) is 0.179. The molecule has 0 saturated heterocycles. The van der Waals surface area contributed by atoms with Crippen molar-refractivity contribution in [3.05, 3.63) is 130 Å². The van der Waals surface area contributed by atoms with Gasteiger partial charge in [0.1, 0.15) is 29.7 Å². The van der Waals surface area contributed by atoms with Crippen molar-refractivity contribution in [2.24, 2.45) is 5.10 Å². The molecule has 8 nitrogen and oxygen atoms in total. The summed E-state index contributed by atoms with van der Waals surface area (Å²) >= 11 is 0. The molecule has 196 valence electrons. The summed E-state index contributed by atoms with van der Waals surface area (Å²) in [5.74, 6) is 1.55. The van der Waals surface area contributed by atoms with Crippen molar-refractivity contribution in [2.75, 3.05) is 12.5 Å². The molecule has 5 aromatic rings. The van der Waals surface area contributed by atoms with E-state index in [-0.39, 0.29) is 17.2 Å². The zero-order chi connectivity index (χ0) is 27.7. The number of hydrogen-bond acceptors (Lipinski definition) is 7. The molecule has 0 atom stereocenters. The first kappa shape index (κ1) is 25.9. The van der Waals surface area contributed by atoms with E-state index in [4.69, 9.17) is 9.47 Å². The molecule has 2 N–H and O–H groups in total. The van der Waals surface area contributed by atoms with E-state index in [0.717, 1.165) is 28.0 Å². The minimum absolute atomic E-state index is 0.0600. The third-order valence-corrected chi connectivity index (χ3v) is 6.12. The van der Waals surface area contributed by atoms with E-state index in [2.05, 4.69) is 32.6 Å². The van der Waals surface area contributed by atoms with Crippen molar-refractivity contribution in [3.63, 3.8) is 0 Å². The van der Waals surface area contributed by atoms with E-state index in [0.29, 0.717) is 17.9 Å². The van der Waals surface area contributed by atoms with Crippen molar-refractivity contribution in [1.29, 1.82) is 5.26 Å². The Morgan fingerprint density at radius 3 is 2.27 bits per heavy atom. The lowest BCUT2D eigenvalue weighted by atomic mass is 10.1. The Hall–Kier alpha value is -5.68. The molecule has 0 saturated carbocycles. The number of nitriles is 1. The SMILES string of the molecule is COc1ccc(C=NNc2nc(-c3ccccc3)c(C#N)c(=O)[nH]2)cc1COc1ccc(-c2ccccc2)cc1. The van der Waals surface area contributed by atoms with Crippen molar-refractivity contribution in [3.8, 4) is 40.0 Å². The fraction of sp³-hybridized carbons (Fsp3) is 0.0625. The average molecular weight is 528 g/mol. The molecule has 0 bridgehead atoms. The van der Waals surface area contributed by atoms with Gasteiger partial charge >= 0.3 is 0 Å². The summed E-state index contributed by atoms with van der Waals surface area (Å²) in [5.41, 5.74) is 6.97. The zero-order valence-corrected chi connectivity index (χ0v) is 21.7. The Morgan fingerprint density at radius 2 is 1.60 bits per heavy atom. The van der Waals surface area contributed by atoms with Crippen molar-refractivity contribution in [2.45, 2.75) is 6.61 Å². The van der Waals surface area contributed by atoms with Gasteiger partial charge in [-0.05, 0) is 47.0 Å². The number of ether oxygens (including phenoxy) is 2. The first-order chi connectivity index (χ1) is 19.6. The summed E-state index contributed by atoms with van der Waals surface area (Å²) < 4.78 is 11.5. The summed E-state index contributed by atoms with van der Waals surface area (Å²) in [4.78, 5) is 19.4. The first-order valence-electron chi connectivity index (χ1n) is 12.5. The molecule has 0 radical (unpaired) electrons. The smallest absolute Gasteiger partial charge is 0.270 e. The van der Waals surface area contributed by atoms with Gasteiger partial charge in [-0.15, -0.1) is 0 Å². The number of rotatable bonds is 9. The highest BCUT2D eigenvalue weighted by Crippen LogP contribution is 2.25. The molecule has 0 spiro atoms. The molecule has 0 amide bonds. The van der Waals surface area contributed by atoms with E-state index in [1.54, 1.807) is 25.5 Å². The number of hydrazone groups is 1. The lowest BCUT2D eigenvalue weighted by molar-refractivity contribution is 0.296. The lowest BCUT2D eigenvalue weighted by Gasteiger charge is -2.12. The lowest BCUT2D eigenvalue weighted by Crippen LogP contribution is -2.16. The van der Waals surface area contributed by atoms with Crippen LogP contribution in [-0.2, 0) is 6.61 Å². The molecule has 0 aliphatic rings. The Labute approximate surface area is 231 Å². The maximum absolute atomic E-state index is 12.5. The monoisotopic (exact) mass is 527 g/mol. The third-order valence-electron chi connectivity index (χ3n) is 6.12. The van der Waals surface area contributed by atoms with E-state index in [9.17, 15) is 10.1 Å². The predicted molar refractivity (Wildman–Crippen MR) is 155 cm³/mol. The number of nitrogens with one attached hydrogen (secondary N) is 2. The van der Waals surface area contributed by atoms with E-state index in [1.165, 1.54) is 0 Å². The topological polar surface area (TPSA) is 112 Å². The van der Waals surface area contributed by atoms with Gasteiger partial charge in [0.15, 0.2) is 0 Å². The summed E-state index contributed by atoms with van der Waals surface area (Å²) in [6.07, 6.45) is 1.60. The maximum atomic E-state index is 12.5. The molecule has 4 aromatic carbocycles. The van der Waals surface area contributed by atoms with Gasteiger partial charge in [0, 0.05) is 11.1 Å². The molecular weight excluding hydrogens is 502 g/mol. The van der Waals surface area contributed by atoms with Gasteiger partial charge in [0.05, 0.1) is 19.0 Å². The molecule has 0 aliphatic heterocycles. The summed E-state index contributed by atoms with van der Waals surface area (Å²) in [5, 5.41) is 13.7. The second kappa shape index (κ2) is 12.2. The van der Waals surface area contributed by atoms with Crippen LogP contribution in [0.15, 0.2) is 113 Å². The number of aromatic amines is 1. The van der Waals surface area contributed by atoms with Crippen LogP contribution in [0, 0.1) is 11.3 Å². The molecule has 8 heteroatoms. The molecule has 0 fully saturated rings. The number of H-pyrrole nitrogens is 1. The van der Waals surface area contributed by atoms with Crippen LogP contribution < -0.4 is 20.5 Å². The first-order valence-corrected chi connectivity index (χ1v) is 12.5. The minimum Gasteiger partial charge on any atom is -0.496 e. The fourth-order valence-electron chi connectivity index (χ4n) is 4.13. The molecule has 0 aliphatic carbocycles. The second-order valence-corrected chi connectivity index (χ2v) is 8.74. The van der Waals surface area contributed by atoms with Gasteiger partial charge in [-0.1, -0.05) is 72.8 Å². The van der Waals surface area contributed by atoms with Crippen molar-refractivity contribution >= 4 is 12.2 Å². The third kappa shape index (κ3) is 6.06. The predicted octanol–water partition coefficient (Wildman–Crippen LogP) is 6.01.